The van der Waals surface area contributed by atoms with Crippen molar-refractivity contribution in [2.75, 3.05) is 32.5 Å². The quantitative estimate of drug-likeness (QED) is 0.717. The van der Waals surface area contributed by atoms with Gasteiger partial charge in [-0.15, -0.1) is 10.2 Å². The lowest BCUT2D eigenvalue weighted by Crippen LogP contribution is -2.28. The van der Waals surface area contributed by atoms with Crippen molar-refractivity contribution in [1.29, 1.82) is 0 Å². The van der Waals surface area contributed by atoms with Crippen LogP contribution in [0, 0.1) is 0 Å². The van der Waals surface area contributed by atoms with Gasteiger partial charge in [-0.05, 0) is 51.3 Å². The SMILES string of the molecule is CN(C)CCCNC(=O)c1ccc(NCc2ccco2)nn1. The smallest absolute Gasteiger partial charge is 0.271 e. The maximum Gasteiger partial charge on any atom is 0.271 e. The number of furan rings is 1. The fraction of sp³-hybridized carbons (Fsp3) is 0.400. The molecular formula is C15H21N5O2. The standard InChI is InChI=1S/C15H21N5O2/c1-20(2)9-4-8-16-15(21)13-6-7-14(19-18-13)17-11-12-5-3-10-22-12/h3,5-7,10H,4,8-9,11H2,1-2H3,(H,16,21)(H,17,19). The number of rotatable bonds is 8. The van der Waals surface area contributed by atoms with Crippen LogP contribution in [0.3, 0.4) is 0 Å². The van der Waals surface area contributed by atoms with E-state index in [2.05, 4.69) is 25.7 Å². The molecule has 22 heavy (non-hydrogen) atoms. The third-order valence-electron chi connectivity index (χ3n) is 2.99. The minimum atomic E-state index is -0.205. The van der Waals surface area contributed by atoms with Crippen LogP contribution in [0.5, 0.6) is 0 Å². The summed E-state index contributed by atoms with van der Waals surface area (Å²) >= 11 is 0. The highest BCUT2D eigenvalue weighted by atomic mass is 16.3. The zero-order valence-corrected chi connectivity index (χ0v) is 12.9. The van der Waals surface area contributed by atoms with Gasteiger partial charge in [-0.25, -0.2) is 0 Å². The van der Waals surface area contributed by atoms with Crippen molar-refractivity contribution in [3.63, 3.8) is 0 Å². The molecule has 0 atom stereocenters. The van der Waals surface area contributed by atoms with Gasteiger partial charge in [0.1, 0.15) is 11.6 Å². The Morgan fingerprint density at radius 3 is 2.77 bits per heavy atom. The Bertz CT molecular complexity index is 566. The molecule has 0 bridgehead atoms. The summed E-state index contributed by atoms with van der Waals surface area (Å²) in [5, 5.41) is 13.8. The number of carbonyl (C=O) groups is 1. The number of hydrogen-bond acceptors (Lipinski definition) is 6. The van der Waals surface area contributed by atoms with E-state index < -0.39 is 0 Å². The van der Waals surface area contributed by atoms with Gasteiger partial charge in [-0.2, -0.15) is 0 Å². The summed E-state index contributed by atoms with van der Waals surface area (Å²) in [6.45, 7) is 2.08. The van der Waals surface area contributed by atoms with Crippen molar-refractivity contribution >= 4 is 11.7 Å². The monoisotopic (exact) mass is 303 g/mol. The lowest BCUT2D eigenvalue weighted by Gasteiger charge is -2.09. The highest BCUT2D eigenvalue weighted by Crippen LogP contribution is 2.06. The first-order valence-electron chi connectivity index (χ1n) is 7.18. The second-order valence-corrected chi connectivity index (χ2v) is 5.15. The third kappa shape index (κ3) is 5.17. The first-order valence-corrected chi connectivity index (χ1v) is 7.18. The maximum atomic E-state index is 11.9. The first kappa shape index (κ1) is 16.0. The second kappa shape index (κ2) is 8.14. The van der Waals surface area contributed by atoms with Crippen LogP contribution in [0.15, 0.2) is 34.9 Å². The van der Waals surface area contributed by atoms with Crippen molar-refractivity contribution in [2.45, 2.75) is 13.0 Å². The van der Waals surface area contributed by atoms with Gasteiger partial charge in [-0.1, -0.05) is 0 Å². The predicted octanol–water partition coefficient (Wildman–Crippen LogP) is 1.36. The average Bonchev–Trinajstić information content (AvgIpc) is 3.03. The van der Waals surface area contributed by atoms with Crippen LogP contribution < -0.4 is 10.6 Å². The molecule has 0 saturated carbocycles. The highest BCUT2D eigenvalue weighted by Gasteiger charge is 2.07. The van der Waals surface area contributed by atoms with Gasteiger partial charge >= 0.3 is 0 Å². The predicted molar refractivity (Wildman–Crippen MR) is 83.6 cm³/mol. The van der Waals surface area contributed by atoms with E-state index in [1.807, 2.05) is 26.2 Å². The Labute approximate surface area is 129 Å². The molecule has 0 aliphatic rings. The molecule has 0 unspecified atom stereocenters. The molecule has 7 heteroatoms. The molecule has 0 aromatic carbocycles. The lowest BCUT2D eigenvalue weighted by molar-refractivity contribution is 0.0946. The van der Waals surface area contributed by atoms with E-state index in [1.165, 1.54) is 0 Å². The van der Waals surface area contributed by atoms with Gasteiger partial charge in [0.05, 0.1) is 12.8 Å². The van der Waals surface area contributed by atoms with Gasteiger partial charge in [0.15, 0.2) is 5.69 Å². The van der Waals surface area contributed by atoms with Crippen molar-refractivity contribution in [3.8, 4) is 0 Å². The van der Waals surface area contributed by atoms with Crippen LogP contribution in [-0.4, -0.2) is 48.2 Å². The Morgan fingerprint density at radius 1 is 1.27 bits per heavy atom. The van der Waals surface area contributed by atoms with Gasteiger partial charge in [0.25, 0.3) is 5.91 Å². The number of amides is 1. The second-order valence-electron chi connectivity index (χ2n) is 5.15. The van der Waals surface area contributed by atoms with Gasteiger partial charge in [0, 0.05) is 6.54 Å². The Morgan fingerprint density at radius 2 is 2.14 bits per heavy atom. The zero-order chi connectivity index (χ0) is 15.8. The summed E-state index contributed by atoms with van der Waals surface area (Å²) in [5.74, 6) is 1.20. The fourth-order valence-electron chi connectivity index (χ4n) is 1.83. The third-order valence-corrected chi connectivity index (χ3v) is 2.99. The maximum absolute atomic E-state index is 11.9. The molecule has 0 radical (unpaired) electrons. The molecular weight excluding hydrogens is 282 g/mol. The van der Waals surface area contributed by atoms with Crippen molar-refractivity contribution < 1.29 is 9.21 Å². The summed E-state index contributed by atoms with van der Waals surface area (Å²) in [6, 6.07) is 7.08. The van der Waals surface area contributed by atoms with Crippen LogP contribution in [0.2, 0.25) is 0 Å². The van der Waals surface area contributed by atoms with E-state index in [4.69, 9.17) is 4.42 Å². The molecule has 0 aliphatic carbocycles. The van der Waals surface area contributed by atoms with Gasteiger partial charge < -0.3 is 20.0 Å². The van der Waals surface area contributed by atoms with Crippen molar-refractivity contribution in [1.82, 2.24) is 20.4 Å². The minimum absolute atomic E-state index is 0.205. The van der Waals surface area contributed by atoms with Crippen molar-refractivity contribution in [3.05, 3.63) is 42.0 Å². The molecule has 2 heterocycles. The van der Waals surface area contributed by atoms with Crippen LogP contribution >= 0.6 is 0 Å². The summed E-state index contributed by atoms with van der Waals surface area (Å²) in [5.41, 5.74) is 0.313. The number of aromatic nitrogens is 2. The number of nitrogens with zero attached hydrogens (tertiary/aromatic N) is 3. The summed E-state index contributed by atoms with van der Waals surface area (Å²) < 4.78 is 5.21. The molecule has 0 fully saturated rings. The largest absolute Gasteiger partial charge is 0.467 e. The van der Waals surface area contributed by atoms with Crippen LogP contribution in [-0.2, 0) is 6.54 Å². The topological polar surface area (TPSA) is 83.3 Å². The Hall–Kier alpha value is -2.41. The molecule has 0 aliphatic heterocycles. The van der Waals surface area contributed by atoms with Crippen LogP contribution in [0.4, 0.5) is 5.82 Å². The van der Waals surface area contributed by atoms with Crippen LogP contribution in [0.1, 0.15) is 22.7 Å². The average molecular weight is 303 g/mol. The minimum Gasteiger partial charge on any atom is -0.467 e. The highest BCUT2D eigenvalue weighted by molar-refractivity contribution is 5.92. The normalized spacial score (nSPS) is 10.7. The Balaban J connectivity index is 1.76. The first-order chi connectivity index (χ1) is 10.6. The molecule has 118 valence electrons. The van der Waals surface area contributed by atoms with E-state index in [0.29, 0.717) is 24.6 Å². The number of hydrogen-bond donors (Lipinski definition) is 2. The fourth-order valence-corrected chi connectivity index (χ4v) is 1.83. The molecule has 0 spiro atoms. The van der Waals surface area contributed by atoms with Crippen LogP contribution in [0.25, 0.3) is 0 Å². The zero-order valence-electron chi connectivity index (χ0n) is 12.9. The lowest BCUT2D eigenvalue weighted by atomic mass is 10.3. The number of carbonyl (C=O) groups excluding carboxylic acids is 1. The molecule has 7 nitrogen and oxygen atoms in total. The molecule has 1 amide bonds. The van der Waals surface area contributed by atoms with E-state index in [1.54, 1.807) is 18.4 Å². The van der Waals surface area contributed by atoms with Crippen molar-refractivity contribution in [2.24, 2.45) is 0 Å². The van der Waals surface area contributed by atoms with Gasteiger partial charge in [-0.3, -0.25) is 4.79 Å². The Kier molecular flexibility index (Phi) is 5.91. The number of anilines is 1. The summed E-state index contributed by atoms with van der Waals surface area (Å²) in [4.78, 5) is 14.0. The van der Waals surface area contributed by atoms with E-state index >= 15 is 0 Å². The van der Waals surface area contributed by atoms with E-state index in [-0.39, 0.29) is 5.91 Å². The molecule has 2 N–H and O–H groups in total. The molecule has 0 saturated heterocycles. The van der Waals surface area contributed by atoms with Gasteiger partial charge in [0.2, 0.25) is 0 Å². The summed E-state index contributed by atoms with van der Waals surface area (Å²) in [6.07, 6.45) is 2.52. The van der Waals surface area contributed by atoms with E-state index in [9.17, 15) is 4.79 Å². The van der Waals surface area contributed by atoms with E-state index in [0.717, 1.165) is 18.7 Å². The summed E-state index contributed by atoms with van der Waals surface area (Å²) in [7, 11) is 4.00. The number of nitrogens with one attached hydrogen (secondary N) is 2. The molecule has 2 aromatic heterocycles. The molecule has 2 rings (SSSR count). The molecule has 2 aromatic rings.